The quantitative estimate of drug-likeness (QED) is 0.641. The number of aromatic nitrogens is 2. The van der Waals surface area contributed by atoms with Gasteiger partial charge in [0.15, 0.2) is 5.65 Å². The number of rotatable bonds is 5. The molecule has 1 atom stereocenters. The third-order valence-electron chi connectivity index (χ3n) is 5.60. The number of fused-ring (bicyclic) bond motifs is 1. The number of anilines is 2. The Balaban J connectivity index is 1.76. The maximum Gasteiger partial charge on any atom is 0.257 e. The Morgan fingerprint density at radius 2 is 2.00 bits per heavy atom. The van der Waals surface area contributed by atoms with Crippen molar-refractivity contribution in [2.75, 3.05) is 18.5 Å². The number of carbonyl (C=O) groups excluding carboxylic acids is 1. The number of aryl methyl sites for hydroxylation is 1. The summed E-state index contributed by atoms with van der Waals surface area (Å²) in [5.74, 6) is 0.837. The monoisotopic (exact) mass is 404 g/mol. The Labute approximate surface area is 177 Å². The second-order valence-electron chi connectivity index (χ2n) is 7.80. The molecule has 0 bridgehead atoms. The molecule has 1 fully saturated rings. The Morgan fingerprint density at radius 3 is 2.73 bits per heavy atom. The molecule has 3 heterocycles. The molecule has 3 aromatic rings. The molecule has 0 aliphatic carbocycles. The van der Waals surface area contributed by atoms with Crippen molar-refractivity contribution < 1.29 is 9.53 Å². The SMILES string of the molecule is CCOc1ccc(Nc2c(C(=O)N3CCCC[C@@H]3C)cnc3nc(C)ccc23)cc1. The lowest BCUT2D eigenvalue weighted by Gasteiger charge is -2.34. The van der Waals surface area contributed by atoms with E-state index >= 15 is 0 Å². The Kier molecular flexibility index (Phi) is 5.84. The Morgan fingerprint density at radius 1 is 1.20 bits per heavy atom. The lowest BCUT2D eigenvalue weighted by Crippen LogP contribution is -2.42. The fraction of sp³-hybridized carbons (Fsp3) is 0.375. The fourth-order valence-electron chi connectivity index (χ4n) is 3.97. The Bertz CT molecular complexity index is 1050. The van der Waals surface area contributed by atoms with E-state index in [0.717, 1.165) is 47.6 Å². The minimum absolute atomic E-state index is 0.0191. The summed E-state index contributed by atoms with van der Waals surface area (Å²) in [6, 6.07) is 11.9. The van der Waals surface area contributed by atoms with Gasteiger partial charge in [0.1, 0.15) is 5.75 Å². The van der Waals surface area contributed by atoms with Crippen LogP contribution in [0.5, 0.6) is 5.75 Å². The van der Waals surface area contributed by atoms with Gasteiger partial charge in [0.2, 0.25) is 0 Å². The molecular formula is C24H28N4O2. The summed E-state index contributed by atoms with van der Waals surface area (Å²) in [7, 11) is 0. The molecule has 1 N–H and O–H groups in total. The van der Waals surface area contributed by atoms with Crippen LogP contribution in [0.15, 0.2) is 42.6 Å². The van der Waals surface area contributed by atoms with Crippen molar-refractivity contribution in [2.45, 2.75) is 46.1 Å². The van der Waals surface area contributed by atoms with Crippen LogP contribution in [0.25, 0.3) is 11.0 Å². The van der Waals surface area contributed by atoms with Gasteiger partial charge in [0, 0.05) is 35.6 Å². The van der Waals surface area contributed by atoms with Crippen LogP contribution in [0.2, 0.25) is 0 Å². The van der Waals surface area contributed by atoms with Crippen LogP contribution in [0, 0.1) is 6.92 Å². The van der Waals surface area contributed by atoms with Crippen LogP contribution in [-0.2, 0) is 0 Å². The van der Waals surface area contributed by atoms with Crippen molar-refractivity contribution in [3.63, 3.8) is 0 Å². The first-order chi connectivity index (χ1) is 14.6. The summed E-state index contributed by atoms with van der Waals surface area (Å²) < 4.78 is 5.54. The van der Waals surface area contributed by atoms with E-state index in [2.05, 4.69) is 22.2 Å². The molecule has 1 amide bonds. The van der Waals surface area contributed by atoms with Crippen molar-refractivity contribution in [1.29, 1.82) is 0 Å². The molecule has 30 heavy (non-hydrogen) atoms. The molecule has 1 aliphatic heterocycles. The number of piperidine rings is 1. The van der Waals surface area contributed by atoms with E-state index in [1.807, 2.05) is 55.1 Å². The van der Waals surface area contributed by atoms with Gasteiger partial charge in [-0.15, -0.1) is 0 Å². The Hall–Kier alpha value is -3.15. The molecule has 156 valence electrons. The van der Waals surface area contributed by atoms with E-state index in [0.29, 0.717) is 17.8 Å². The first-order valence-electron chi connectivity index (χ1n) is 10.6. The predicted octanol–water partition coefficient (Wildman–Crippen LogP) is 5.10. The van der Waals surface area contributed by atoms with E-state index in [-0.39, 0.29) is 11.9 Å². The second kappa shape index (κ2) is 8.69. The lowest BCUT2D eigenvalue weighted by molar-refractivity contribution is 0.0636. The van der Waals surface area contributed by atoms with Gasteiger partial charge in [-0.05, 0) is 76.4 Å². The van der Waals surface area contributed by atoms with Crippen molar-refractivity contribution in [3.8, 4) is 5.75 Å². The van der Waals surface area contributed by atoms with Gasteiger partial charge in [-0.3, -0.25) is 4.79 Å². The van der Waals surface area contributed by atoms with Gasteiger partial charge in [0.25, 0.3) is 5.91 Å². The summed E-state index contributed by atoms with van der Waals surface area (Å²) in [6.07, 6.45) is 4.91. The summed E-state index contributed by atoms with van der Waals surface area (Å²) in [6.45, 7) is 7.43. The molecule has 1 aromatic carbocycles. The molecule has 1 aliphatic rings. The van der Waals surface area contributed by atoms with Crippen LogP contribution in [0.3, 0.4) is 0 Å². The minimum atomic E-state index is 0.0191. The number of likely N-dealkylation sites (tertiary alicyclic amines) is 1. The summed E-state index contributed by atoms with van der Waals surface area (Å²) in [4.78, 5) is 24.5. The number of hydrogen-bond acceptors (Lipinski definition) is 5. The van der Waals surface area contributed by atoms with Crippen LogP contribution >= 0.6 is 0 Å². The number of carbonyl (C=O) groups is 1. The van der Waals surface area contributed by atoms with E-state index in [1.54, 1.807) is 6.20 Å². The van der Waals surface area contributed by atoms with Gasteiger partial charge in [-0.25, -0.2) is 9.97 Å². The maximum absolute atomic E-state index is 13.5. The smallest absolute Gasteiger partial charge is 0.257 e. The highest BCUT2D eigenvalue weighted by atomic mass is 16.5. The lowest BCUT2D eigenvalue weighted by atomic mass is 10.0. The van der Waals surface area contributed by atoms with Crippen LogP contribution in [0.1, 0.15) is 49.2 Å². The normalized spacial score (nSPS) is 16.5. The third-order valence-corrected chi connectivity index (χ3v) is 5.60. The summed E-state index contributed by atoms with van der Waals surface area (Å²) in [5.41, 5.74) is 3.74. The average Bonchev–Trinajstić information content (AvgIpc) is 2.75. The number of nitrogens with zero attached hydrogens (tertiary/aromatic N) is 3. The number of benzene rings is 1. The summed E-state index contributed by atoms with van der Waals surface area (Å²) >= 11 is 0. The van der Waals surface area contributed by atoms with Crippen LogP contribution < -0.4 is 10.1 Å². The molecule has 0 saturated carbocycles. The van der Waals surface area contributed by atoms with Crippen molar-refractivity contribution in [2.24, 2.45) is 0 Å². The zero-order valence-electron chi connectivity index (χ0n) is 17.8. The first kappa shape index (κ1) is 20.1. The number of hydrogen-bond donors (Lipinski definition) is 1. The number of nitrogens with one attached hydrogen (secondary N) is 1. The largest absolute Gasteiger partial charge is 0.494 e. The molecule has 1 saturated heterocycles. The molecule has 6 nitrogen and oxygen atoms in total. The van der Waals surface area contributed by atoms with Crippen molar-refractivity contribution >= 4 is 28.3 Å². The zero-order valence-corrected chi connectivity index (χ0v) is 17.8. The number of ether oxygens (including phenoxy) is 1. The second-order valence-corrected chi connectivity index (χ2v) is 7.80. The highest BCUT2D eigenvalue weighted by Gasteiger charge is 2.27. The topological polar surface area (TPSA) is 67.3 Å². The standard InChI is InChI=1S/C24H28N4O2/c1-4-30-19-11-9-18(10-12-19)27-22-20-13-8-16(2)26-23(20)25-15-21(22)24(29)28-14-6-5-7-17(28)3/h8-13,15,17H,4-7,14H2,1-3H3,(H,25,26,27)/t17-/m0/s1. The molecule has 0 spiro atoms. The van der Waals surface area contributed by atoms with Crippen LogP contribution in [0.4, 0.5) is 11.4 Å². The van der Waals surface area contributed by atoms with Gasteiger partial charge in [-0.2, -0.15) is 0 Å². The van der Waals surface area contributed by atoms with Crippen molar-refractivity contribution in [1.82, 2.24) is 14.9 Å². The highest BCUT2D eigenvalue weighted by Crippen LogP contribution is 2.31. The maximum atomic E-state index is 13.5. The fourth-order valence-corrected chi connectivity index (χ4v) is 3.97. The van der Waals surface area contributed by atoms with Crippen LogP contribution in [-0.4, -0.2) is 40.0 Å². The minimum Gasteiger partial charge on any atom is -0.494 e. The zero-order chi connectivity index (χ0) is 21.1. The molecule has 6 heteroatoms. The molecule has 0 radical (unpaired) electrons. The van der Waals surface area contributed by atoms with E-state index < -0.39 is 0 Å². The van der Waals surface area contributed by atoms with E-state index in [9.17, 15) is 4.79 Å². The predicted molar refractivity (Wildman–Crippen MR) is 120 cm³/mol. The van der Waals surface area contributed by atoms with Gasteiger partial charge >= 0.3 is 0 Å². The number of pyridine rings is 2. The number of amides is 1. The third kappa shape index (κ3) is 4.08. The van der Waals surface area contributed by atoms with E-state index in [1.165, 1.54) is 6.42 Å². The van der Waals surface area contributed by atoms with Crippen molar-refractivity contribution in [3.05, 3.63) is 53.9 Å². The summed E-state index contributed by atoms with van der Waals surface area (Å²) in [5, 5.41) is 4.29. The first-order valence-corrected chi connectivity index (χ1v) is 10.6. The molecule has 0 unspecified atom stereocenters. The molecule has 4 rings (SSSR count). The molecular weight excluding hydrogens is 376 g/mol. The average molecular weight is 405 g/mol. The van der Waals surface area contributed by atoms with E-state index in [4.69, 9.17) is 4.74 Å². The van der Waals surface area contributed by atoms with Gasteiger partial charge in [0.05, 0.1) is 17.9 Å². The van der Waals surface area contributed by atoms with Gasteiger partial charge in [-0.1, -0.05) is 0 Å². The molecule has 2 aromatic heterocycles. The van der Waals surface area contributed by atoms with Gasteiger partial charge < -0.3 is 15.0 Å². The highest BCUT2D eigenvalue weighted by molar-refractivity contribution is 6.07.